The molecule has 1 aromatic heterocycles. The van der Waals surface area contributed by atoms with Gasteiger partial charge in [0.25, 0.3) is 0 Å². The number of ketones is 1. The van der Waals surface area contributed by atoms with Gasteiger partial charge in [0.2, 0.25) is 0 Å². The van der Waals surface area contributed by atoms with Gasteiger partial charge in [0.05, 0.1) is 0 Å². The molecule has 1 aromatic carbocycles. The van der Waals surface area contributed by atoms with E-state index >= 15 is 0 Å². The molecule has 0 fully saturated rings. The summed E-state index contributed by atoms with van der Waals surface area (Å²) >= 11 is 1.75. The zero-order valence-electron chi connectivity index (χ0n) is 15.4. The van der Waals surface area contributed by atoms with E-state index in [2.05, 4.69) is 60.1 Å². The Morgan fingerprint density at radius 3 is 2.76 bits per heavy atom. The number of nitrogens with zero attached hydrogens (tertiary/aromatic N) is 1. The molecule has 0 aliphatic heterocycles. The summed E-state index contributed by atoms with van der Waals surface area (Å²) in [6.07, 6.45) is 6.92. The number of Topliss-reactive ketones (excluding diaryl/α,β-unsaturated/α-hetero) is 1. The van der Waals surface area contributed by atoms with E-state index in [1.165, 1.54) is 16.7 Å². The molecule has 0 bridgehead atoms. The Bertz CT molecular complexity index is 677. The molecule has 0 radical (unpaired) electrons. The van der Waals surface area contributed by atoms with Gasteiger partial charge in [0.1, 0.15) is 5.78 Å². The number of aryl methyl sites for hydroxylation is 1. The van der Waals surface area contributed by atoms with Crippen molar-refractivity contribution in [1.29, 1.82) is 0 Å². The van der Waals surface area contributed by atoms with Crippen molar-refractivity contribution in [3.05, 3.63) is 57.8 Å². The van der Waals surface area contributed by atoms with Crippen LogP contribution in [0.2, 0.25) is 0 Å². The first-order valence-electron chi connectivity index (χ1n) is 9.40. The molecule has 1 aliphatic rings. The van der Waals surface area contributed by atoms with Crippen molar-refractivity contribution in [2.24, 2.45) is 5.92 Å². The first-order valence-corrected chi connectivity index (χ1v) is 10.3. The summed E-state index contributed by atoms with van der Waals surface area (Å²) < 4.78 is 0. The zero-order valence-corrected chi connectivity index (χ0v) is 16.2. The van der Waals surface area contributed by atoms with Crippen molar-refractivity contribution in [2.75, 3.05) is 14.1 Å². The molecule has 2 aromatic rings. The fourth-order valence-electron chi connectivity index (χ4n) is 4.05. The normalized spacial score (nSPS) is 18.1. The van der Waals surface area contributed by atoms with Crippen LogP contribution in [0.4, 0.5) is 0 Å². The van der Waals surface area contributed by atoms with Crippen LogP contribution < -0.4 is 0 Å². The maximum atomic E-state index is 12.4. The summed E-state index contributed by atoms with van der Waals surface area (Å²) in [5.74, 6) is 0.996. The Kier molecular flexibility index (Phi) is 6.44. The third kappa shape index (κ3) is 5.02. The monoisotopic (exact) mass is 355 g/mol. The predicted octanol–water partition coefficient (Wildman–Crippen LogP) is 5.29. The molecule has 0 N–H and O–H groups in total. The molecule has 1 aliphatic carbocycles. The lowest BCUT2D eigenvalue weighted by Gasteiger charge is -2.25. The van der Waals surface area contributed by atoms with Crippen LogP contribution in [0.3, 0.4) is 0 Å². The molecule has 2 nitrogen and oxygen atoms in total. The van der Waals surface area contributed by atoms with Gasteiger partial charge >= 0.3 is 0 Å². The van der Waals surface area contributed by atoms with E-state index in [9.17, 15) is 4.79 Å². The van der Waals surface area contributed by atoms with E-state index in [1.807, 2.05) is 0 Å². The highest BCUT2D eigenvalue weighted by Gasteiger charge is 2.21. The molecule has 0 amide bonds. The van der Waals surface area contributed by atoms with Gasteiger partial charge in [-0.25, -0.2) is 0 Å². The molecule has 134 valence electrons. The first kappa shape index (κ1) is 18.3. The average molecular weight is 356 g/mol. The maximum absolute atomic E-state index is 12.4. The van der Waals surface area contributed by atoms with Gasteiger partial charge in [-0.2, -0.15) is 11.3 Å². The standard InChI is InChI=1S/C22H29NOS/c1-23(2)22(20-12-13-25-16-20)9-5-8-21(24)15-17-10-11-18-6-3-4-7-19(18)14-17/h3-4,6-7,12-13,16-17,22H,5,8-11,14-15H2,1-2H3/t17-,22+/m0/s1. The van der Waals surface area contributed by atoms with Gasteiger partial charge in [-0.3, -0.25) is 4.79 Å². The highest BCUT2D eigenvalue weighted by molar-refractivity contribution is 7.07. The van der Waals surface area contributed by atoms with E-state index in [0.717, 1.165) is 44.9 Å². The fourth-order valence-corrected chi connectivity index (χ4v) is 4.76. The summed E-state index contributed by atoms with van der Waals surface area (Å²) in [6, 6.07) is 11.3. The number of rotatable bonds is 8. The van der Waals surface area contributed by atoms with E-state index in [1.54, 1.807) is 11.3 Å². The predicted molar refractivity (Wildman–Crippen MR) is 106 cm³/mol. The molecule has 0 spiro atoms. The number of benzene rings is 1. The number of carbonyl (C=O) groups excluding carboxylic acids is 1. The lowest BCUT2D eigenvalue weighted by atomic mass is 9.81. The minimum Gasteiger partial charge on any atom is -0.302 e. The molecule has 0 saturated heterocycles. The van der Waals surface area contributed by atoms with Gasteiger partial charge in [-0.05, 0) is 85.6 Å². The van der Waals surface area contributed by atoms with Crippen LogP contribution in [-0.4, -0.2) is 24.8 Å². The molecule has 2 atom stereocenters. The fraction of sp³-hybridized carbons (Fsp3) is 0.500. The van der Waals surface area contributed by atoms with Crippen LogP contribution in [0, 0.1) is 5.92 Å². The molecule has 0 unspecified atom stereocenters. The van der Waals surface area contributed by atoms with Crippen LogP contribution in [0.15, 0.2) is 41.1 Å². The highest BCUT2D eigenvalue weighted by Crippen LogP contribution is 2.29. The van der Waals surface area contributed by atoms with E-state index < -0.39 is 0 Å². The molecule has 25 heavy (non-hydrogen) atoms. The lowest BCUT2D eigenvalue weighted by molar-refractivity contribution is -0.120. The maximum Gasteiger partial charge on any atom is 0.133 e. The van der Waals surface area contributed by atoms with Crippen LogP contribution in [-0.2, 0) is 17.6 Å². The smallest absolute Gasteiger partial charge is 0.133 e. The largest absolute Gasteiger partial charge is 0.302 e. The number of hydrogen-bond acceptors (Lipinski definition) is 3. The summed E-state index contributed by atoms with van der Waals surface area (Å²) in [6.45, 7) is 0. The minimum absolute atomic E-state index is 0.431. The Balaban J connectivity index is 1.44. The summed E-state index contributed by atoms with van der Waals surface area (Å²) in [5.41, 5.74) is 4.32. The van der Waals surface area contributed by atoms with Gasteiger partial charge in [-0.1, -0.05) is 24.3 Å². The van der Waals surface area contributed by atoms with Gasteiger partial charge in [0.15, 0.2) is 0 Å². The van der Waals surface area contributed by atoms with Crippen LogP contribution >= 0.6 is 11.3 Å². The van der Waals surface area contributed by atoms with E-state index in [-0.39, 0.29) is 0 Å². The number of fused-ring (bicyclic) bond motifs is 1. The molecule has 1 heterocycles. The Labute approximate surface area is 155 Å². The third-order valence-electron chi connectivity index (χ3n) is 5.45. The Hall–Kier alpha value is -1.45. The SMILES string of the molecule is CN(C)[C@H](CCCC(=O)C[C@H]1CCc2ccccc2C1)c1ccsc1. The second-order valence-corrected chi connectivity index (χ2v) is 8.33. The first-order chi connectivity index (χ1) is 12.1. The van der Waals surface area contributed by atoms with Gasteiger partial charge in [0, 0.05) is 18.9 Å². The molecule has 3 heteroatoms. The van der Waals surface area contributed by atoms with Crippen molar-refractivity contribution >= 4 is 17.1 Å². The van der Waals surface area contributed by atoms with Crippen molar-refractivity contribution < 1.29 is 4.79 Å². The number of thiophene rings is 1. The Morgan fingerprint density at radius 1 is 1.24 bits per heavy atom. The number of hydrogen-bond donors (Lipinski definition) is 0. The topological polar surface area (TPSA) is 20.3 Å². The molecule has 0 saturated carbocycles. The quantitative estimate of drug-likeness (QED) is 0.641. The molecular formula is C22H29NOS. The van der Waals surface area contributed by atoms with Crippen LogP contribution in [0.1, 0.15) is 54.8 Å². The molecular weight excluding hydrogens is 326 g/mol. The van der Waals surface area contributed by atoms with Crippen molar-refractivity contribution in [3.63, 3.8) is 0 Å². The lowest BCUT2D eigenvalue weighted by Crippen LogP contribution is -2.20. The number of carbonyl (C=O) groups is 1. The van der Waals surface area contributed by atoms with Crippen molar-refractivity contribution in [2.45, 2.75) is 51.0 Å². The van der Waals surface area contributed by atoms with Gasteiger partial charge < -0.3 is 4.90 Å². The average Bonchev–Trinajstić information content (AvgIpc) is 3.12. The second kappa shape index (κ2) is 8.77. The third-order valence-corrected chi connectivity index (χ3v) is 6.15. The Morgan fingerprint density at radius 2 is 2.04 bits per heavy atom. The second-order valence-electron chi connectivity index (χ2n) is 7.55. The minimum atomic E-state index is 0.431. The molecule has 3 rings (SSSR count). The summed E-state index contributed by atoms with van der Waals surface area (Å²) in [7, 11) is 4.26. The summed E-state index contributed by atoms with van der Waals surface area (Å²) in [5, 5.41) is 4.36. The van der Waals surface area contributed by atoms with E-state index in [4.69, 9.17) is 0 Å². The van der Waals surface area contributed by atoms with Crippen molar-refractivity contribution in [1.82, 2.24) is 4.90 Å². The van der Waals surface area contributed by atoms with Crippen LogP contribution in [0.5, 0.6) is 0 Å². The van der Waals surface area contributed by atoms with Crippen molar-refractivity contribution in [3.8, 4) is 0 Å². The van der Waals surface area contributed by atoms with Gasteiger partial charge in [-0.15, -0.1) is 0 Å². The van der Waals surface area contributed by atoms with E-state index in [0.29, 0.717) is 17.7 Å². The summed E-state index contributed by atoms with van der Waals surface area (Å²) in [4.78, 5) is 14.7. The highest BCUT2D eigenvalue weighted by atomic mass is 32.1. The zero-order chi connectivity index (χ0) is 17.6. The van der Waals surface area contributed by atoms with Crippen LogP contribution in [0.25, 0.3) is 0 Å².